The number of aromatic nitrogens is 2. The largest absolute Gasteiger partial charge is 0.294 e. The van der Waals surface area contributed by atoms with Gasteiger partial charge in [0.1, 0.15) is 11.5 Å². The third-order valence-electron chi connectivity index (χ3n) is 7.84. The van der Waals surface area contributed by atoms with Crippen molar-refractivity contribution in [3.63, 3.8) is 0 Å². The Bertz CT molecular complexity index is 1230. The Morgan fingerprint density at radius 1 is 1.00 bits per heavy atom. The van der Waals surface area contributed by atoms with Crippen LogP contribution in [0.2, 0.25) is 0 Å². The maximum absolute atomic E-state index is 14.0. The van der Waals surface area contributed by atoms with E-state index in [4.69, 9.17) is 0 Å². The molecule has 32 heavy (non-hydrogen) atoms. The minimum atomic E-state index is -0.446. The molecule has 4 bridgehead atoms. The summed E-state index contributed by atoms with van der Waals surface area (Å²) in [4.78, 5) is 27.2. The topological polar surface area (TPSA) is 64.0 Å². The van der Waals surface area contributed by atoms with E-state index in [9.17, 15) is 14.0 Å². The standard InChI is InChI=1S/C26H26FN3O2/c27-20-6-7-21-22(11-20)24(19-4-2-1-3-5-19)29-30(25(21)32)28-23(31)15-26-12-16-8-17(13-26)10-18(9-16)14-26/h1-7,11,16-18H,8-10,12-15H2,(H,28,31). The van der Waals surface area contributed by atoms with Crippen LogP contribution in [-0.2, 0) is 4.79 Å². The predicted octanol–water partition coefficient (Wildman–Crippen LogP) is 4.88. The van der Waals surface area contributed by atoms with Crippen LogP contribution in [0.15, 0.2) is 53.3 Å². The fraction of sp³-hybridized carbons (Fsp3) is 0.423. The summed E-state index contributed by atoms with van der Waals surface area (Å²) in [5, 5.41) is 5.22. The first-order chi connectivity index (χ1) is 15.5. The lowest BCUT2D eigenvalue weighted by Crippen LogP contribution is -2.48. The van der Waals surface area contributed by atoms with Crippen molar-refractivity contribution in [3.8, 4) is 11.3 Å². The molecule has 1 aromatic heterocycles. The van der Waals surface area contributed by atoms with Crippen LogP contribution in [0.5, 0.6) is 0 Å². The van der Waals surface area contributed by atoms with Gasteiger partial charge in [-0.15, -0.1) is 9.89 Å². The van der Waals surface area contributed by atoms with Gasteiger partial charge in [-0.2, -0.15) is 0 Å². The molecule has 164 valence electrons. The predicted molar refractivity (Wildman–Crippen MR) is 121 cm³/mol. The fourth-order valence-electron chi connectivity index (χ4n) is 7.10. The Balaban J connectivity index is 1.34. The van der Waals surface area contributed by atoms with E-state index in [0.717, 1.165) is 47.4 Å². The number of nitrogens with zero attached hydrogens (tertiary/aromatic N) is 2. The molecule has 4 aliphatic carbocycles. The van der Waals surface area contributed by atoms with Gasteiger partial charge in [-0.3, -0.25) is 9.59 Å². The summed E-state index contributed by atoms with van der Waals surface area (Å²) < 4.78 is 14.0. The molecule has 0 saturated heterocycles. The summed E-state index contributed by atoms with van der Waals surface area (Å²) in [5.41, 5.74) is 3.61. The minimum absolute atomic E-state index is 0.0741. The molecule has 5 nitrogen and oxygen atoms in total. The lowest BCUT2D eigenvalue weighted by Gasteiger charge is -2.56. The molecule has 3 aromatic rings. The zero-order valence-corrected chi connectivity index (χ0v) is 17.9. The summed E-state index contributed by atoms with van der Waals surface area (Å²) in [5.74, 6) is 1.68. The summed E-state index contributed by atoms with van der Waals surface area (Å²) in [6.07, 6.45) is 7.78. The molecular formula is C26H26FN3O2. The first-order valence-corrected chi connectivity index (χ1v) is 11.6. The Morgan fingerprint density at radius 3 is 2.31 bits per heavy atom. The van der Waals surface area contributed by atoms with Gasteiger partial charge >= 0.3 is 0 Å². The molecule has 1 N–H and O–H groups in total. The van der Waals surface area contributed by atoms with Gasteiger partial charge in [0.05, 0.1) is 5.39 Å². The van der Waals surface area contributed by atoms with Crippen LogP contribution < -0.4 is 11.0 Å². The van der Waals surface area contributed by atoms with Crippen LogP contribution in [0.1, 0.15) is 44.9 Å². The molecule has 4 saturated carbocycles. The SMILES string of the molecule is O=C(CC12CC3CC(CC(C3)C1)C2)Nn1nc(-c2ccccc2)c2cc(F)ccc2c1=O. The second-order valence-electron chi connectivity index (χ2n) is 10.3. The van der Waals surface area contributed by atoms with Gasteiger partial charge in [0.15, 0.2) is 0 Å². The number of hydrogen-bond acceptors (Lipinski definition) is 3. The van der Waals surface area contributed by atoms with E-state index in [2.05, 4.69) is 10.5 Å². The van der Waals surface area contributed by atoms with E-state index in [-0.39, 0.29) is 11.3 Å². The minimum Gasteiger partial charge on any atom is -0.273 e. The van der Waals surface area contributed by atoms with Crippen molar-refractivity contribution in [1.82, 2.24) is 9.89 Å². The van der Waals surface area contributed by atoms with Gasteiger partial charge in [0.25, 0.3) is 5.56 Å². The quantitative estimate of drug-likeness (QED) is 0.640. The number of amides is 1. The summed E-state index contributed by atoms with van der Waals surface area (Å²) in [7, 11) is 0. The van der Waals surface area contributed by atoms with Crippen LogP contribution in [0, 0.1) is 29.0 Å². The zero-order chi connectivity index (χ0) is 21.9. The van der Waals surface area contributed by atoms with Crippen molar-refractivity contribution >= 4 is 16.7 Å². The fourth-order valence-corrected chi connectivity index (χ4v) is 7.10. The normalized spacial score (nSPS) is 28.2. The van der Waals surface area contributed by atoms with Crippen LogP contribution in [-0.4, -0.2) is 15.8 Å². The third kappa shape index (κ3) is 3.33. The van der Waals surface area contributed by atoms with Crippen molar-refractivity contribution in [3.05, 3.63) is 64.7 Å². The number of rotatable bonds is 4. The van der Waals surface area contributed by atoms with E-state index >= 15 is 0 Å². The number of carbonyl (C=O) groups excluding carboxylic acids is 1. The van der Waals surface area contributed by atoms with E-state index in [1.165, 1.54) is 37.5 Å². The summed E-state index contributed by atoms with van der Waals surface area (Å²) in [6.45, 7) is 0. The molecule has 0 radical (unpaired) electrons. The third-order valence-corrected chi connectivity index (χ3v) is 7.84. The molecule has 4 aliphatic rings. The molecule has 4 fully saturated rings. The number of nitrogens with one attached hydrogen (secondary N) is 1. The van der Waals surface area contributed by atoms with Crippen LogP contribution in [0.4, 0.5) is 4.39 Å². The Labute approximate surface area is 185 Å². The summed E-state index contributed by atoms with van der Waals surface area (Å²) >= 11 is 0. The number of benzene rings is 2. The van der Waals surface area contributed by atoms with Crippen molar-refractivity contribution in [2.45, 2.75) is 44.9 Å². The van der Waals surface area contributed by atoms with Gasteiger partial charge in [0.2, 0.25) is 5.91 Å². The molecule has 1 amide bonds. The first kappa shape index (κ1) is 19.6. The highest BCUT2D eigenvalue weighted by atomic mass is 19.1. The van der Waals surface area contributed by atoms with Gasteiger partial charge < -0.3 is 0 Å². The number of hydrogen-bond donors (Lipinski definition) is 1. The lowest BCUT2D eigenvalue weighted by molar-refractivity contribution is -0.125. The average molecular weight is 432 g/mol. The van der Waals surface area contributed by atoms with Crippen molar-refractivity contribution in [2.24, 2.45) is 23.2 Å². The number of halogens is 1. The zero-order valence-electron chi connectivity index (χ0n) is 17.9. The number of carbonyl (C=O) groups is 1. The van der Waals surface area contributed by atoms with Crippen molar-refractivity contribution in [1.29, 1.82) is 0 Å². The summed E-state index contributed by atoms with van der Waals surface area (Å²) in [6, 6.07) is 13.4. The Morgan fingerprint density at radius 2 is 1.66 bits per heavy atom. The monoisotopic (exact) mass is 431 g/mol. The molecule has 7 rings (SSSR count). The molecule has 0 aliphatic heterocycles. The molecule has 0 atom stereocenters. The van der Waals surface area contributed by atoms with Gasteiger partial charge in [-0.25, -0.2) is 9.82 Å². The highest BCUT2D eigenvalue weighted by Crippen LogP contribution is 2.61. The molecule has 0 spiro atoms. The second-order valence-corrected chi connectivity index (χ2v) is 10.3. The average Bonchev–Trinajstić information content (AvgIpc) is 2.75. The maximum atomic E-state index is 14.0. The molecule has 2 aromatic carbocycles. The highest BCUT2D eigenvalue weighted by Gasteiger charge is 2.51. The van der Waals surface area contributed by atoms with Crippen molar-refractivity contribution < 1.29 is 9.18 Å². The lowest BCUT2D eigenvalue weighted by atomic mass is 9.49. The Hall–Kier alpha value is -3.02. The molecule has 0 unspecified atom stereocenters. The molecular weight excluding hydrogens is 405 g/mol. The van der Waals surface area contributed by atoms with Gasteiger partial charge in [-0.05, 0) is 79.9 Å². The van der Waals surface area contributed by atoms with Crippen molar-refractivity contribution in [2.75, 3.05) is 5.43 Å². The smallest absolute Gasteiger partial charge is 0.273 e. The van der Waals surface area contributed by atoms with E-state index in [1.807, 2.05) is 30.3 Å². The van der Waals surface area contributed by atoms with E-state index in [1.54, 1.807) is 0 Å². The van der Waals surface area contributed by atoms with Gasteiger partial charge in [0, 0.05) is 17.4 Å². The second kappa shape index (κ2) is 7.26. The first-order valence-electron chi connectivity index (χ1n) is 11.6. The Kier molecular flexibility index (Phi) is 4.46. The maximum Gasteiger partial charge on any atom is 0.294 e. The molecule has 1 heterocycles. The highest BCUT2D eigenvalue weighted by molar-refractivity contribution is 5.94. The van der Waals surface area contributed by atoms with Crippen LogP contribution in [0.3, 0.4) is 0 Å². The van der Waals surface area contributed by atoms with Gasteiger partial charge in [-0.1, -0.05) is 30.3 Å². The molecule has 6 heteroatoms. The van der Waals surface area contributed by atoms with E-state index < -0.39 is 11.4 Å². The van der Waals surface area contributed by atoms with Crippen LogP contribution >= 0.6 is 0 Å². The van der Waals surface area contributed by atoms with Crippen LogP contribution in [0.25, 0.3) is 22.0 Å². The van der Waals surface area contributed by atoms with E-state index in [0.29, 0.717) is 22.9 Å². The number of fused-ring (bicyclic) bond motifs is 1.